The molecule has 0 bridgehead atoms. The number of nitrogens with one attached hydrogen (secondary N) is 4. The van der Waals surface area contributed by atoms with Crippen molar-refractivity contribution in [2.75, 3.05) is 23.3 Å². The molecule has 4 N–H and O–H groups in total. The largest absolute Gasteiger partial charge is 0.421 e. The van der Waals surface area contributed by atoms with Gasteiger partial charge in [0.25, 0.3) is 0 Å². The summed E-state index contributed by atoms with van der Waals surface area (Å²) >= 11 is 0. The molecule has 1 saturated heterocycles. The number of rotatable bonds is 6. The van der Waals surface area contributed by atoms with Crippen molar-refractivity contribution in [1.29, 1.82) is 0 Å². The predicted molar refractivity (Wildman–Crippen MR) is 133 cm³/mol. The summed E-state index contributed by atoms with van der Waals surface area (Å²) in [5, 5.41) is 14.8. The van der Waals surface area contributed by atoms with Crippen molar-refractivity contribution in [2.24, 2.45) is 0 Å². The van der Waals surface area contributed by atoms with Crippen LogP contribution in [0.3, 0.4) is 0 Å². The fourth-order valence-corrected chi connectivity index (χ4v) is 4.80. The third kappa shape index (κ3) is 4.53. The van der Waals surface area contributed by atoms with Crippen molar-refractivity contribution in [3.05, 3.63) is 47.5 Å². The number of aromatic nitrogens is 5. The smallest absolute Gasteiger partial charge is 0.326 e. The highest BCUT2D eigenvalue weighted by Crippen LogP contribution is 2.40. The zero-order valence-corrected chi connectivity index (χ0v) is 20.0. The maximum atomic E-state index is 15.2. The van der Waals surface area contributed by atoms with E-state index in [4.69, 9.17) is 4.74 Å². The fourth-order valence-electron chi connectivity index (χ4n) is 4.80. The molecule has 2 fully saturated rings. The van der Waals surface area contributed by atoms with Crippen LogP contribution in [0, 0.1) is 12.7 Å². The monoisotopic (exact) mass is 476 g/mol. The molecule has 2 unspecified atom stereocenters. The summed E-state index contributed by atoms with van der Waals surface area (Å²) in [7, 11) is 0. The number of aromatic amines is 2. The molecule has 6 rings (SSSR count). The van der Waals surface area contributed by atoms with Gasteiger partial charge in [-0.25, -0.2) is 4.39 Å². The van der Waals surface area contributed by atoms with Crippen LogP contribution < -0.4 is 20.3 Å². The third-order valence-corrected chi connectivity index (χ3v) is 6.48. The lowest BCUT2D eigenvalue weighted by Gasteiger charge is -2.37. The van der Waals surface area contributed by atoms with Gasteiger partial charge >= 0.3 is 6.01 Å². The topological polar surface area (TPSA) is 107 Å². The molecule has 3 aromatic heterocycles. The van der Waals surface area contributed by atoms with Crippen molar-refractivity contribution in [2.45, 2.75) is 51.6 Å². The van der Waals surface area contributed by atoms with E-state index in [2.05, 4.69) is 54.5 Å². The lowest BCUT2D eigenvalue weighted by atomic mass is 10.1. The van der Waals surface area contributed by atoms with Gasteiger partial charge in [-0.05, 0) is 51.8 Å². The van der Waals surface area contributed by atoms with E-state index in [1.807, 2.05) is 19.1 Å². The highest BCUT2D eigenvalue weighted by molar-refractivity contribution is 5.82. The molecule has 35 heavy (non-hydrogen) atoms. The van der Waals surface area contributed by atoms with Crippen LogP contribution in [-0.2, 0) is 0 Å². The van der Waals surface area contributed by atoms with Gasteiger partial charge in [-0.1, -0.05) is 0 Å². The van der Waals surface area contributed by atoms with Crippen molar-refractivity contribution in [3.8, 4) is 11.8 Å². The molecule has 1 aromatic carbocycles. The Kier molecular flexibility index (Phi) is 5.32. The van der Waals surface area contributed by atoms with Crippen LogP contribution in [0.2, 0.25) is 0 Å². The Hall–Kier alpha value is -3.66. The molecule has 1 aliphatic heterocycles. The summed E-state index contributed by atoms with van der Waals surface area (Å²) in [6.07, 6.45) is 2.38. The SMILES string of the molecule is Cc1cc2c(F)c(Oc3nc(Nc4cc(C5CC5)[nH]n4)cc(N4CC(C)NC(C)C4)n3)ccc2[nH]1. The van der Waals surface area contributed by atoms with Crippen molar-refractivity contribution in [3.63, 3.8) is 0 Å². The Morgan fingerprint density at radius 1 is 1.06 bits per heavy atom. The summed E-state index contributed by atoms with van der Waals surface area (Å²) in [6.45, 7) is 7.76. The van der Waals surface area contributed by atoms with E-state index >= 15 is 4.39 Å². The standard InChI is InChI=1S/C25H29FN8O/c1-13-8-17-18(28-13)6-7-20(24(17)26)35-25-30-21(29-22-9-19(32-33-22)16-4-5-16)10-23(31-25)34-11-14(2)27-15(3)12-34/h6-10,14-16,27-28H,4-5,11-12H2,1-3H3,(H2,29,30,31,32,33). The van der Waals surface area contributed by atoms with Gasteiger partial charge in [0.2, 0.25) is 0 Å². The van der Waals surface area contributed by atoms with Crippen LogP contribution in [0.1, 0.15) is 44.0 Å². The van der Waals surface area contributed by atoms with E-state index in [1.165, 1.54) is 12.8 Å². The van der Waals surface area contributed by atoms with E-state index in [0.29, 0.717) is 35.0 Å². The Morgan fingerprint density at radius 2 is 1.86 bits per heavy atom. The normalized spacial score (nSPS) is 20.4. The molecule has 9 nitrogen and oxygen atoms in total. The first-order valence-corrected chi connectivity index (χ1v) is 12.1. The Labute approximate surface area is 202 Å². The minimum atomic E-state index is -0.443. The summed E-state index contributed by atoms with van der Waals surface area (Å²) in [5.74, 6) is 2.14. The quantitative estimate of drug-likeness (QED) is 0.319. The molecule has 0 spiro atoms. The number of aryl methyl sites for hydroxylation is 1. The van der Waals surface area contributed by atoms with Crippen LogP contribution in [0.15, 0.2) is 30.3 Å². The number of ether oxygens (including phenoxy) is 1. The van der Waals surface area contributed by atoms with Gasteiger partial charge in [0.05, 0.1) is 0 Å². The van der Waals surface area contributed by atoms with Gasteiger partial charge in [0, 0.05) is 65.5 Å². The number of fused-ring (bicyclic) bond motifs is 1. The van der Waals surface area contributed by atoms with Gasteiger partial charge in [0.15, 0.2) is 17.4 Å². The average Bonchev–Trinajstić information content (AvgIpc) is 3.44. The number of hydrogen-bond donors (Lipinski definition) is 4. The molecule has 4 heterocycles. The second kappa shape index (κ2) is 8.53. The van der Waals surface area contributed by atoms with Crippen molar-refractivity contribution in [1.82, 2.24) is 30.5 Å². The van der Waals surface area contributed by atoms with Gasteiger partial charge in [0.1, 0.15) is 11.6 Å². The molecule has 2 aliphatic rings. The highest BCUT2D eigenvalue weighted by Gasteiger charge is 2.26. The van der Waals surface area contributed by atoms with Gasteiger partial charge in [-0.15, -0.1) is 0 Å². The summed E-state index contributed by atoms with van der Waals surface area (Å²) in [4.78, 5) is 14.5. The zero-order chi connectivity index (χ0) is 24.1. The van der Waals surface area contributed by atoms with E-state index in [1.54, 1.807) is 18.2 Å². The summed E-state index contributed by atoms with van der Waals surface area (Å²) in [5.41, 5.74) is 2.73. The summed E-state index contributed by atoms with van der Waals surface area (Å²) < 4.78 is 21.1. The van der Waals surface area contributed by atoms with Crippen LogP contribution in [-0.4, -0.2) is 50.3 Å². The van der Waals surface area contributed by atoms with E-state index in [-0.39, 0.29) is 11.8 Å². The molecular formula is C25H29FN8O. The number of anilines is 3. The number of halogens is 1. The number of H-pyrrole nitrogens is 2. The van der Waals surface area contributed by atoms with Crippen molar-refractivity contribution >= 4 is 28.4 Å². The maximum absolute atomic E-state index is 15.2. The van der Waals surface area contributed by atoms with Crippen LogP contribution in [0.5, 0.6) is 11.8 Å². The Bertz CT molecular complexity index is 1370. The van der Waals surface area contributed by atoms with E-state index in [0.717, 1.165) is 35.8 Å². The van der Waals surface area contributed by atoms with Crippen LogP contribution in [0.25, 0.3) is 10.9 Å². The number of hydrogen-bond acceptors (Lipinski definition) is 7. The second-order valence-electron chi connectivity index (χ2n) is 9.77. The van der Waals surface area contributed by atoms with E-state index < -0.39 is 5.82 Å². The molecule has 1 saturated carbocycles. The first kappa shape index (κ1) is 21.8. The van der Waals surface area contributed by atoms with E-state index in [9.17, 15) is 0 Å². The minimum absolute atomic E-state index is 0.0762. The van der Waals surface area contributed by atoms with Gasteiger partial charge in [-0.2, -0.15) is 15.1 Å². The maximum Gasteiger partial charge on any atom is 0.326 e. The molecule has 2 atom stereocenters. The lowest BCUT2D eigenvalue weighted by Crippen LogP contribution is -2.54. The van der Waals surface area contributed by atoms with Crippen LogP contribution in [0.4, 0.5) is 21.8 Å². The van der Waals surface area contributed by atoms with Crippen molar-refractivity contribution < 1.29 is 9.13 Å². The predicted octanol–water partition coefficient (Wildman–Crippen LogP) is 4.73. The third-order valence-electron chi connectivity index (χ3n) is 6.48. The first-order chi connectivity index (χ1) is 16.9. The molecular weight excluding hydrogens is 447 g/mol. The molecule has 4 aromatic rings. The zero-order valence-electron chi connectivity index (χ0n) is 20.0. The van der Waals surface area contributed by atoms with Gasteiger partial charge in [-0.3, -0.25) is 5.10 Å². The highest BCUT2D eigenvalue weighted by atomic mass is 19.1. The molecule has 10 heteroatoms. The number of nitrogens with zero attached hydrogens (tertiary/aromatic N) is 4. The minimum Gasteiger partial charge on any atom is -0.421 e. The number of piperazine rings is 1. The molecule has 0 radical (unpaired) electrons. The fraction of sp³-hybridized carbons (Fsp3) is 0.400. The summed E-state index contributed by atoms with van der Waals surface area (Å²) in [6, 6.07) is 9.74. The lowest BCUT2D eigenvalue weighted by molar-refractivity contribution is 0.397. The second-order valence-corrected chi connectivity index (χ2v) is 9.77. The van der Waals surface area contributed by atoms with Gasteiger partial charge < -0.3 is 25.3 Å². The Balaban J connectivity index is 1.34. The molecule has 1 aliphatic carbocycles. The average molecular weight is 477 g/mol. The molecule has 182 valence electrons. The first-order valence-electron chi connectivity index (χ1n) is 12.1. The number of benzene rings is 1. The Morgan fingerprint density at radius 3 is 2.63 bits per heavy atom. The molecule has 0 amide bonds. The van der Waals surface area contributed by atoms with Crippen LogP contribution >= 0.6 is 0 Å².